The summed E-state index contributed by atoms with van der Waals surface area (Å²) >= 11 is 0. The summed E-state index contributed by atoms with van der Waals surface area (Å²) in [4.78, 5) is 30.3. The molecule has 1 aliphatic heterocycles. The molecule has 0 bridgehead atoms. The number of pyridine rings is 1. The van der Waals surface area contributed by atoms with Gasteiger partial charge in [-0.3, -0.25) is 14.6 Å². The van der Waals surface area contributed by atoms with Crippen LogP contribution in [-0.4, -0.2) is 40.3 Å². The molecule has 5 nitrogen and oxygen atoms in total. The quantitative estimate of drug-likeness (QED) is 0.876. The predicted molar refractivity (Wildman–Crippen MR) is 76.0 cm³/mol. The van der Waals surface area contributed by atoms with E-state index in [1.54, 1.807) is 11.1 Å². The normalized spacial score (nSPS) is 18.0. The number of carbonyl (C=O) groups is 2. The van der Waals surface area contributed by atoms with Crippen LogP contribution in [0.15, 0.2) is 24.4 Å². The van der Waals surface area contributed by atoms with Crippen LogP contribution in [0.5, 0.6) is 0 Å². The largest absolute Gasteiger partial charge is 0.340 e. The lowest BCUT2D eigenvalue weighted by Crippen LogP contribution is -2.66. The lowest BCUT2D eigenvalue weighted by molar-refractivity contribution is -0.150. The van der Waals surface area contributed by atoms with Crippen molar-refractivity contribution in [3.05, 3.63) is 30.1 Å². The highest BCUT2D eigenvalue weighted by molar-refractivity contribution is 5.97. The fraction of sp³-hybridized carbons (Fsp3) is 0.533. The second kappa shape index (κ2) is 6.03. The molecule has 1 saturated heterocycles. The minimum Gasteiger partial charge on any atom is -0.340 e. The van der Waals surface area contributed by atoms with E-state index in [1.165, 1.54) is 0 Å². The third-order valence-corrected chi connectivity index (χ3v) is 3.98. The van der Waals surface area contributed by atoms with Crippen LogP contribution in [0, 0.1) is 0 Å². The van der Waals surface area contributed by atoms with Gasteiger partial charge in [0.25, 0.3) is 0 Å². The first-order chi connectivity index (χ1) is 9.61. The highest BCUT2D eigenvalue weighted by Crippen LogP contribution is 2.22. The van der Waals surface area contributed by atoms with Crippen molar-refractivity contribution in [2.75, 3.05) is 13.1 Å². The molecule has 2 rings (SSSR count). The van der Waals surface area contributed by atoms with E-state index in [9.17, 15) is 9.59 Å². The van der Waals surface area contributed by atoms with E-state index in [-0.39, 0.29) is 18.4 Å². The number of aromatic nitrogens is 1. The van der Waals surface area contributed by atoms with Gasteiger partial charge in [-0.25, -0.2) is 0 Å². The second-order valence-corrected chi connectivity index (χ2v) is 5.14. The molecular formula is C15H21N3O2. The number of piperazine rings is 1. The summed E-state index contributed by atoms with van der Waals surface area (Å²) in [6, 6.07) is 5.72. The van der Waals surface area contributed by atoms with Crippen molar-refractivity contribution in [1.29, 1.82) is 0 Å². The van der Waals surface area contributed by atoms with E-state index in [2.05, 4.69) is 10.3 Å². The van der Waals surface area contributed by atoms with Gasteiger partial charge < -0.3 is 10.2 Å². The van der Waals surface area contributed by atoms with Gasteiger partial charge in [-0.15, -0.1) is 0 Å². The van der Waals surface area contributed by atoms with Gasteiger partial charge in [0, 0.05) is 24.9 Å². The maximum Gasteiger partial charge on any atom is 0.248 e. The Labute approximate surface area is 119 Å². The Kier molecular flexibility index (Phi) is 4.37. The Morgan fingerprint density at radius 1 is 1.30 bits per heavy atom. The molecule has 1 N–H and O–H groups in total. The van der Waals surface area contributed by atoms with E-state index in [0.717, 1.165) is 5.69 Å². The van der Waals surface area contributed by atoms with E-state index in [0.29, 0.717) is 25.8 Å². The van der Waals surface area contributed by atoms with Crippen LogP contribution in [0.3, 0.4) is 0 Å². The lowest BCUT2D eigenvalue weighted by atomic mass is 9.89. The average Bonchev–Trinajstić information content (AvgIpc) is 2.49. The number of amides is 2. The zero-order valence-electron chi connectivity index (χ0n) is 12.1. The van der Waals surface area contributed by atoms with Gasteiger partial charge in [0.05, 0.1) is 6.54 Å². The third-order valence-electron chi connectivity index (χ3n) is 3.98. The van der Waals surface area contributed by atoms with Crippen molar-refractivity contribution in [3.63, 3.8) is 0 Å². The van der Waals surface area contributed by atoms with Crippen LogP contribution in [0.2, 0.25) is 0 Å². The zero-order chi connectivity index (χ0) is 14.6. The smallest absolute Gasteiger partial charge is 0.248 e. The van der Waals surface area contributed by atoms with Crippen LogP contribution >= 0.6 is 0 Å². The highest BCUT2D eigenvalue weighted by Gasteiger charge is 2.43. The average molecular weight is 275 g/mol. The maximum absolute atomic E-state index is 12.6. The van der Waals surface area contributed by atoms with Crippen LogP contribution < -0.4 is 5.32 Å². The number of hydrogen-bond acceptors (Lipinski definition) is 3. The summed E-state index contributed by atoms with van der Waals surface area (Å²) in [7, 11) is 0. The summed E-state index contributed by atoms with van der Waals surface area (Å²) in [5.74, 6) is -0.0487. The molecule has 108 valence electrons. The SMILES string of the molecule is CCC1(CC)NC(=O)CN(CCc2ccccn2)C1=O. The lowest BCUT2D eigenvalue weighted by Gasteiger charge is -2.41. The molecule has 20 heavy (non-hydrogen) atoms. The van der Waals surface area contributed by atoms with Crippen LogP contribution in [-0.2, 0) is 16.0 Å². The fourth-order valence-electron chi connectivity index (χ4n) is 2.61. The Hall–Kier alpha value is -1.91. The topological polar surface area (TPSA) is 62.3 Å². The van der Waals surface area contributed by atoms with Gasteiger partial charge >= 0.3 is 0 Å². The molecule has 1 aromatic rings. The van der Waals surface area contributed by atoms with Crippen LogP contribution in [0.25, 0.3) is 0 Å². The van der Waals surface area contributed by atoms with E-state index in [4.69, 9.17) is 0 Å². The van der Waals surface area contributed by atoms with E-state index >= 15 is 0 Å². The second-order valence-electron chi connectivity index (χ2n) is 5.14. The molecule has 0 atom stereocenters. The summed E-state index contributed by atoms with van der Waals surface area (Å²) in [5.41, 5.74) is 0.212. The van der Waals surface area contributed by atoms with Gasteiger partial charge in [-0.05, 0) is 25.0 Å². The van der Waals surface area contributed by atoms with Crippen molar-refractivity contribution in [2.24, 2.45) is 0 Å². The Balaban J connectivity index is 2.07. The number of hydrogen-bond donors (Lipinski definition) is 1. The molecule has 2 heterocycles. The van der Waals surface area contributed by atoms with Crippen LogP contribution in [0.1, 0.15) is 32.4 Å². The third kappa shape index (κ3) is 2.81. The van der Waals surface area contributed by atoms with E-state index < -0.39 is 5.54 Å². The molecule has 1 fully saturated rings. The standard InChI is InChI=1S/C15H21N3O2/c1-3-15(4-2)14(20)18(11-13(19)17-15)10-8-12-7-5-6-9-16-12/h5-7,9H,3-4,8,10-11H2,1-2H3,(H,17,19). The van der Waals surface area contributed by atoms with Crippen molar-refractivity contribution in [1.82, 2.24) is 15.2 Å². The molecule has 0 aliphatic carbocycles. The first-order valence-corrected chi connectivity index (χ1v) is 7.11. The summed E-state index contributed by atoms with van der Waals surface area (Å²) < 4.78 is 0. The minimum atomic E-state index is -0.723. The molecule has 0 radical (unpaired) electrons. The number of carbonyl (C=O) groups excluding carboxylic acids is 2. The Bertz CT molecular complexity index is 483. The van der Waals surface area contributed by atoms with Crippen molar-refractivity contribution >= 4 is 11.8 Å². The van der Waals surface area contributed by atoms with Gasteiger partial charge in [0.1, 0.15) is 5.54 Å². The molecule has 5 heteroatoms. The first-order valence-electron chi connectivity index (χ1n) is 7.11. The van der Waals surface area contributed by atoms with Crippen molar-refractivity contribution in [2.45, 2.75) is 38.6 Å². The monoisotopic (exact) mass is 275 g/mol. The molecular weight excluding hydrogens is 254 g/mol. The number of nitrogens with one attached hydrogen (secondary N) is 1. The summed E-state index contributed by atoms with van der Waals surface area (Å²) in [5, 5.41) is 2.86. The Morgan fingerprint density at radius 2 is 2.05 bits per heavy atom. The molecule has 2 amide bonds. The Morgan fingerprint density at radius 3 is 2.65 bits per heavy atom. The highest BCUT2D eigenvalue weighted by atomic mass is 16.2. The summed E-state index contributed by atoms with van der Waals surface area (Å²) in [6.45, 7) is 4.55. The molecule has 0 unspecified atom stereocenters. The van der Waals surface area contributed by atoms with Gasteiger partial charge in [-0.1, -0.05) is 19.9 Å². The molecule has 0 spiro atoms. The van der Waals surface area contributed by atoms with Crippen molar-refractivity contribution < 1.29 is 9.59 Å². The minimum absolute atomic E-state index is 0.0260. The zero-order valence-corrected chi connectivity index (χ0v) is 12.1. The summed E-state index contributed by atoms with van der Waals surface area (Å²) in [6.07, 6.45) is 3.65. The van der Waals surface area contributed by atoms with Gasteiger partial charge in [0.2, 0.25) is 11.8 Å². The molecule has 0 aromatic carbocycles. The van der Waals surface area contributed by atoms with E-state index in [1.807, 2.05) is 32.0 Å². The maximum atomic E-state index is 12.6. The fourth-order valence-corrected chi connectivity index (χ4v) is 2.61. The van der Waals surface area contributed by atoms with Crippen LogP contribution in [0.4, 0.5) is 0 Å². The van der Waals surface area contributed by atoms with Gasteiger partial charge in [-0.2, -0.15) is 0 Å². The first kappa shape index (κ1) is 14.5. The predicted octanol–water partition coefficient (Wildman–Crippen LogP) is 1.14. The van der Waals surface area contributed by atoms with Gasteiger partial charge in [0.15, 0.2) is 0 Å². The number of nitrogens with zero attached hydrogens (tertiary/aromatic N) is 2. The molecule has 1 aliphatic rings. The number of rotatable bonds is 5. The van der Waals surface area contributed by atoms with Crippen molar-refractivity contribution in [3.8, 4) is 0 Å². The molecule has 1 aromatic heterocycles. The molecule has 0 saturated carbocycles.